The molecule has 7 heteroatoms. The Kier molecular flexibility index (Phi) is 6.10. The molecule has 0 aliphatic rings. The molecule has 1 N–H and O–H groups in total. The fourth-order valence-electron chi connectivity index (χ4n) is 2.25. The molecule has 0 aliphatic carbocycles. The molecular formula is C21H17N3O4. The Morgan fingerprint density at radius 2 is 1.57 bits per heavy atom. The number of nitrogens with one attached hydrogen (secondary N) is 1. The normalized spacial score (nSPS) is 10.5. The van der Waals surface area contributed by atoms with Crippen molar-refractivity contribution in [3.63, 3.8) is 0 Å². The third-order valence-corrected chi connectivity index (χ3v) is 3.71. The number of hydrogen-bond acceptors (Lipinski definition) is 6. The Balaban J connectivity index is 1.57. The lowest BCUT2D eigenvalue weighted by atomic mass is 10.2. The van der Waals surface area contributed by atoms with E-state index in [0.717, 1.165) is 0 Å². The highest BCUT2D eigenvalue weighted by Gasteiger charge is 2.07. The molecule has 3 aromatic carbocycles. The highest BCUT2D eigenvalue weighted by molar-refractivity contribution is 5.95. The molecule has 28 heavy (non-hydrogen) atoms. The van der Waals surface area contributed by atoms with Gasteiger partial charge in [-0.25, -0.2) is 10.3 Å². The Labute approximate surface area is 161 Å². The van der Waals surface area contributed by atoms with Crippen molar-refractivity contribution in [3.8, 4) is 5.75 Å². The topological polar surface area (TPSA) is 89.3 Å². The fourth-order valence-corrected chi connectivity index (χ4v) is 2.25. The average Bonchev–Trinajstić information content (AvgIpc) is 2.77. The zero-order valence-electron chi connectivity index (χ0n) is 15.0. The van der Waals surface area contributed by atoms with Crippen LogP contribution in [0.15, 0.2) is 89.1 Å². The monoisotopic (exact) mass is 375 g/mol. The molecule has 3 aromatic rings. The largest absolute Gasteiger partial charge is 0.497 e. The van der Waals surface area contributed by atoms with E-state index in [4.69, 9.17) is 9.57 Å². The van der Waals surface area contributed by atoms with Crippen molar-refractivity contribution in [2.45, 2.75) is 0 Å². The van der Waals surface area contributed by atoms with Crippen molar-refractivity contribution < 1.29 is 19.2 Å². The lowest BCUT2D eigenvalue weighted by Crippen LogP contribution is -2.10. The number of ether oxygens (including phenoxy) is 1. The third-order valence-electron chi connectivity index (χ3n) is 3.71. The number of amides is 1. The lowest BCUT2D eigenvalue weighted by Gasteiger charge is -2.06. The molecule has 7 nitrogen and oxygen atoms in total. The lowest BCUT2D eigenvalue weighted by molar-refractivity contribution is 0.0596. The minimum atomic E-state index is -0.492. The highest BCUT2D eigenvalue weighted by Crippen LogP contribution is 2.18. The summed E-state index contributed by atoms with van der Waals surface area (Å²) in [6.07, 6.45) is 0. The zero-order chi connectivity index (χ0) is 19.8. The summed E-state index contributed by atoms with van der Waals surface area (Å²) < 4.78 is 5.08. The molecule has 0 saturated carbocycles. The smallest absolute Gasteiger partial charge is 0.362 e. The van der Waals surface area contributed by atoms with E-state index < -0.39 is 11.9 Å². The second kappa shape index (κ2) is 9.09. The molecule has 3 rings (SSSR count). The van der Waals surface area contributed by atoms with Crippen LogP contribution in [-0.4, -0.2) is 19.0 Å². The number of azo groups is 1. The van der Waals surface area contributed by atoms with Crippen LogP contribution in [0.3, 0.4) is 0 Å². The molecule has 140 valence electrons. The van der Waals surface area contributed by atoms with Gasteiger partial charge in [0.05, 0.1) is 24.0 Å². The molecule has 1 amide bonds. The van der Waals surface area contributed by atoms with Crippen LogP contribution in [0.2, 0.25) is 0 Å². The van der Waals surface area contributed by atoms with E-state index in [0.29, 0.717) is 28.3 Å². The SMILES string of the molecule is COc1cccc(C(=O)N=Nc2ccc(NOC(=O)c3ccccc3)cc2)c1. The van der Waals surface area contributed by atoms with Crippen LogP contribution in [0.4, 0.5) is 11.4 Å². The minimum Gasteiger partial charge on any atom is -0.497 e. The van der Waals surface area contributed by atoms with Gasteiger partial charge in [0.1, 0.15) is 5.75 Å². The van der Waals surface area contributed by atoms with Crippen molar-refractivity contribution in [1.82, 2.24) is 0 Å². The molecule has 0 bridgehead atoms. The number of benzene rings is 3. The molecule has 0 fully saturated rings. The van der Waals surface area contributed by atoms with Gasteiger partial charge in [-0.3, -0.25) is 4.79 Å². The predicted octanol–water partition coefficient (Wildman–Crippen LogP) is 4.80. The molecule has 0 unspecified atom stereocenters. The summed E-state index contributed by atoms with van der Waals surface area (Å²) in [5, 5.41) is 7.63. The van der Waals surface area contributed by atoms with E-state index in [1.807, 2.05) is 6.07 Å². The summed E-state index contributed by atoms with van der Waals surface area (Å²) in [4.78, 5) is 29.0. The fraction of sp³-hybridized carbons (Fsp3) is 0.0476. The zero-order valence-corrected chi connectivity index (χ0v) is 15.0. The maximum absolute atomic E-state index is 12.1. The third kappa shape index (κ3) is 5.01. The van der Waals surface area contributed by atoms with Gasteiger partial charge < -0.3 is 9.57 Å². The van der Waals surface area contributed by atoms with Crippen molar-refractivity contribution in [2.75, 3.05) is 12.6 Å². The number of anilines is 1. The van der Waals surface area contributed by atoms with Crippen LogP contribution >= 0.6 is 0 Å². The summed E-state index contributed by atoms with van der Waals surface area (Å²) in [5.41, 5.74) is 4.44. The molecule has 0 aliphatic heterocycles. The second-order valence-corrected chi connectivity index (χ2v) is 5.64. The van der Waals surface area contributed by atoms with Gasteiger partial charge >= 0.3 is 5.97 Å². The van der Waals surface area contributed by atoms with Gasteiger partial charge in [-0.2, -0.15) is 0 Å². The first kappa shape index (κ1) is 18.8. The number of carbonyl (C=O) groups is 2. The highest BCUT2D eigenvalue weighted by atomic mass is 16.7. The standard InChI is InChI=1S/C21H17N3O4/c1-27-19-9-5-8-16(14-19)20(25)23-22-17-10-12-18(13-11-17)24-28-21(26)15-6-3-2-4-7-15/h2-14,24H,1H3. The van der Waals surface area contributed by atoms with Crippen LogP contribution in [0.1, 0.15) is 20.7 Å². The van der Waals surface area contributed by atoms with Crippen LogP contribution in [0, 0.1) is 0 Å². The van der Waals surface area contributed by atoms with Crippen molar-refractivity contribution in [1.29, 1.82) is 0 Å². The summed E-state index contributed by atoms with van der Waals surface area (Å²) in [5.74, 6) is -0.396. The Morgan fingerprint density at radius 1 is 0.857 bits per heavy atom. The molecule has 0 heterocycles. The van der Waals surface area contributed by atoms with E-state index in [1.165, 1.54) is 7.11 Å². The van der Waals surface area contributed by atoms with Crippen LogP contribution < -0.4 is 10.2 Å². The Bertz CT molecular complexity index is 986. The van der Waals surface area contributed by atoms with Gasteiger partial charge in [0.15, 0.2) is 0 Å². The summed E-state index contributed by atoms with van der Waals surface area (Å²) in [6.45, 7) is 0. The van der Waals surface area contributed by atoms with E-state index in [1.54, 1.807) is 72.8 Å². The molecule has 0 radical (unpaired) electrons. The molecule has 0 spiro atoms. The van der Waals surface area contributed by atoms with Crippen LogP contribution in [0.5, 0.6) is 5.75 Å². The second-order valence-electron chi connectivity index (χ2n) is 5.64. The van der Waals surface area contributed by atoms with Gasteiger partial charge in [-0.05, 0) is 54.6 Å². The first-order valence-electron chi connectivity index (χ1n) is 8.38. The van der Waals surface area contributed by atoms with E-state index in [2.05, 4.69) is 15.7 Å². The van der Waals surface area contributed by atoms with Crippen LogP contribution in [0.25, 0.3) is 0 Å². The van der Waals surface area contributed by atoms with Gasteiger partial charge in [-0.15, -0.1) is 10.2 Å². The quantitative estimate of drug-likeness (QED) is 0.494. The van der Waals surface area contributed by atoms with Crippen LogP contribution in [-0.2, 0) is 4.84 Å². The predicted molar refractivity (Wildman–Crippen MR) is 104 cm³/mol. The Morgan fingerprint density at radius 3 is 2.29 bits per heavy atom. The van der Waals surface area contributed by atoms with Crippen molar-refractivity contribution in [2.24, 2.45) is 10.2 Å². The maximum Gasteiger partial charge on any atom is 0.362 e. The van der Waals surface area contributed by atoms with Gasteiger partial charge in [0.25, 0.3) is 5.91 Å². The first-order chi connectivity index (χ1) is 13.7. The molecule has 0 saturated heterocycles. The van der Waals surface area contributed by atoms with Gasteiger partial charge in [0, 0.05) is 5.56 Å². The molecular weight excluding hydrogens is 358 g/mol. The van der Waals surface area contributed by atoms with E-state index >= 15 is 0 Å². The van der Waals surface area contributed by atoms with E-state index in [9.17, 15) is 9.59 Å². The number of hydrogen-bond donors (Lipinski definition) is 1. The molecule has 0 aromatic heterocycles. The van der Waals surface area contributed by atoms with Gasteiger partial charge in [-0.1, -0.05) is 24.3 Å². The number of carbonyl (C=O) groups excluding carboxylic acids is 2. The summed E-state index contributed by atoms with van der Waals surface area (Å²) in [7, 11) is 1.53. The molecule has 0 atom stereocenters. The number of rotatable bonds is 6. The minimum absolute atomic E-state index is 0.384. The maximum atomic E-state index is 12.1. The van der Waals surface area contributed by atoms with E-state index in [-0.39, 0.29) is 0 Å². The summed E-state index contributed by atoms with van der Waals surface area (Å²) >= 11 is 0. The first-order valence-corrected chi connectivity index (χ1v) is 8.38. The number of methoxy groups -OCH3 is 1. The Hall–Kier alpha value is -4.00. The van der Waals surface area contributed by atoms with Crippen molar-refractivity contribution in [3.05, 3.63) is 90.0 Å². The summed E-state index contributed by atoms with van der Waals surface area (Å²) in [6, 6.07) is 21.9. The number of nitrogens with zero attached hydrogens (tertiary/aromatic N) is 2. The average molecular weight is 375 g/mol. The van der Waals surface area contributed by atoms with Crippen molar-refractivity contribution >= 4 is 23.3 Å². The van der Waals surface area contributed by atoms with Gasteiger partial charge in [0.2, 0.25) is 0 Å².